The van der Waals surface area contributed by atoms with Crippen LogP contribution in [0.2, 0.25) is 5.02 Å². The molecule has 0 saturated carbocycles. The molecule has 1 aliphatic rings. The predicted molar refractivity (Wildman–Crippen MR) is 104 cm³/mol. The fourth-order valence-electron chi connectivity index (χ4n) is 3.45. The van der Waals surface area contributed by atoms with Crippen LogP contribution in [0.1, 0.15) is 29.8 Å². The Morgan fingerprint density at radius 1 is 1.21 bits per heavy atom. The Labute approximate surface area is 167 Å². The van der Waals surface area contributed by atoms with Gasteiger partial charge in [-0.1, -0.05) is 37.6 Å². The number of fused-ring (bicyclic) bond motifs is 1. The molecule has 0 saturated heterocycles. The van der Waals surface area contributed by atoms with Crippen LogP contribution in [-0.4, -0.2) is 34.9 Å². The van der Waals surface area contributed by atoms with Crippen LogP contribution in [0.25, 0.3) is 11.1 Å². The zero-order chi connectivity index (χ0) is 20.6. The van der Waals surface area contributed by atoms with Crippen LogP contribution in [-0.2, 0) is 16.1 Å². The molecule has 0 aliphatic carbocycles. The monoisotopic (exact) mass is 402 g/mol. The third-order valence-electron chi connectivity index (χ3n) is 4.83. The number of hydrogen-bond donors (Lipinski definition) is 0. The number of rotatable bonds is 5. The number of esters is 1. The molecule has 8 heteroatoms. The summed E-state index contributed by atoms with van der Waals surface area (Å²) in [7, 11) is 1.31. The van der Waals surface area contributed by atoms with Gasteiger partial charge in [0.1, 0.15) is 6.04 Å². The van der Waals surface area contributed by atoms with Crippen molar-refractivity contribution in [3.8, 4) is 11.1 Å². The number of carbonyl (C=O) groups excluding carboxylic acids is 2. The maximum atomic E-state index is 13.0. The van der Waals surface area contributed by atoms with E-state index in [2.05, 4.69) is 0 Å². The maximum absolute atomic E-state index is 13.0. The minimum Gasteiger partial charge on any atom is -0.467 e. The Kier molecular flexibility index (Phi) is 5.38. The molecule has 1 amide bonds. The highest BCUT2D eigenvalue weighted by Gasteiger charge is 2.38. The number of ether oxygens (including phenoxy) is 1. The molecule has 146 valence electrons. The molecule has 7 nitrogen and oxygen atoms in total. The van der Waals surface area contributed by atoms with Gasteiger partial charge in [-0.15, -0.1) is 0 Å². The summed E-state index contributed by atoms with van der Waals surface area (Å²) in [4.78, 5) is 37.0. The van der Waals surface area contributed by atoms with Crippen LogP contribution < -0.4 is 0 Å². The molecule has 0 radical (unpaired) electrons. The van der Waals surface area contributed by atoms with Crippen LogP contribution in [0.3, 0.4) is 0 Å². The van der Waals surface area contributed by atoms with Crippen molar-refractivity contribution >= 4 is 29.2 Å². The summed E-state index contributed by atoms with van der Waals surface area (Å²) in [6.45, 7) is 4.04. The Morgan fingerprint density at radius 3 is 2.50 bits per heavy atom. The van der Waals surface area contributed by atoms with Gasteiger partial charge in [-0.2, -0.15) is 0 Å². The van der Waals surface area contributed by atoms with E-state index in [0.717, 1.165) is 5.56 Å². The molecule has 0 unspecified atom stereocenters. The van der Waals surface area contributed by atoms with Gasteiger partial charge in [0.15, 0.2) is 0 Å². The van der Waals surface area contributed by atoms with Gasteiger partial charge >= 0.3 is 5.97 Å². The van der Waals surface area contributed by atoms with Crippen LogP contribution >= 0.6 is 11.6 Å². The molecule has 2 aromatic rings. The van der Waals surface area contributed by atoms with Crippen molar-refractivity contribution in [3.05, 3.63) is 62.7 Å². The van der Waals surface area contributed by atoms with Crippen molar-refractivity contribution in [2.45, 2.75) is 26.4 Å². The Bertz CT molecular complexity index is 973. The highest BCUT2D eigenvalue weighted by Crippen LogP contribution is 2.35. The highest BCUT2D eigenvalue weighted by atomic mass is 35.5. The topological polar surface area (TPSA) is 89.8 Å². The fourth-order valence-corrected chi connectivity index (χ4v) is 3.73. The molecule has 0 N–H and O–H groups in total. The van der Waals surface area contributed by atoms with Crippen LogP contribution in [0.4, 0.5) is 5.69 Å². The van der Waals surface area contributed by atoms with Gasteiger partial charge in [0.2, 0.25) is 0 Å². The first-order chi connectivity index (χ1) is 13.2. The second-order valence-electron chi connectivity index (χ2n) is 6.94. The average molecular weight is 403 g/mol. The zero-order valence-corrected chi connectivity index (χ0v) is 16.4. The molecule has 1 aliphatic heterocycles. The summed E-state index contributed by atoms with van der Waals surface area (Å²) in [6.07, 6.45) is 0. The third kappa shape index (κ3) is 3.45. The molecule has 0 bridgehead atoms. The Balaban J connectivity index is 1.97. The smallest absolute Gasteiger partial charge is 0.328 e. The number of methoxy groups -OCH3 is 1. The number of non-ortho nitro benzene ring substituents is 1. The van der Waals surface area contributed by atoms with Crippen LogP contribution in [0, 0.1) is 16.0 Å². The summed E-state index contributed by atoms with van der Waals surface area (Å²) >= 11 is 6.22. The van der Waals surface area contributed by atoms with Gasteiger partial charge in [-0.05, 0) is 29.2 Å². The molecule has 0 aromatic heterocycles. The van der Waals surface area contributed by atoms with Crippen molar-refractivity contribution in [1.82, 2.24) is 4.90 Å². The summed E-state index contributed by atoms with van der Waals surface area (Å²) in [5.74, 6) is -0.803. The number of nitro benzene ring substituents is 1. The molecule has 2 aromatic carbocycles. The maximum Gasteiger partial charge on any atom is 0.328 e. The van der Waals surface area contributed by atoms with E-state index in [0.29, 0.717) is 23.2 Å². The number of nitro groups is 1. The second kappa shape index (κ2) is 7.59. The zero-order valence-electron chi connectivity index (χ0n) is 15.6. The molecular formula is C20H19ClN2O5. The first kappa shape index (κ1) is 19.8. The van der Waals surface area contributed by atoms with Gasteiger partial charge in [0, 0.05) is 29.8 Å². The van der Waals surface area contributed by atoms with E-state index in [1.165, 1.54) is 24.1 Å². The van der Waals surface area contributed by atoms with E-state index in [1.54, 1.807) is 12.1 Å². The molecular weight excluding hydrogens is 384 g/mol. The largest absolute Gasteiger partial charge is 0.467 e. The molecule has 0 spiro atoms. The number of nitrogens with zero attached hydrogens (tertiary/aromatic N) is 2. The second-order valence-corrected chi connectivity index (χ2v) is 7.35. The van der Waals surface area contributed by atoms with Gasteiger partial charge < -0.3 is 9.64 Å². The van der Waals surface area contributed by atoms with E-state index < -0.39 is 16.9 Å². The van der Waals surface area contributed by atoms with Crippen molar-refractivity contribution < 1.29 is 19.2 Å². The summed E-state index contributed by atoms with van der Waals surface area (Å²) in [5.41, 5.74) is 2.46. The Morgan fingerprint density at radius 2 is 1.93 bits per heavy atom. The number of amides is 1. The minimum atomic E-state index is -0.670. The number of carbonyl (C=O) groups is 2. The first-order valence-electron chi connectivity index (χ1n) is 8.70. The van der Waals surface area contributed by atoms with Crippen molar-refractivity contribution in [2.75, 3.05) is 7.11 Å². The molecule has 1 atom stereocenters. The van der Waals surface area contributed by atoms with E-state index in [9.17, 15) is 19.7 Å². The summed E-state index contributed by atoms with van der Waals surface area (Å²) < 4.78 is 4.87. The predicted octanol–water partition coefficient (Wildman–Crippen LogP) is 4.07. The minimum absolute atomic E-state index is 0.102. The lowest BCUT2D eigenvalue weighted by Crippen LogP contribution is -2.45. The standard InChI is InChI=1S/C20H19ClN2O5/c1-11(2)18(20(25)28-3)22-10-13-5-4-12(8-16(13)19(22)24)15-7-6-14(23(26)27)9-17(15)21/h4-9,11,18H,10H2,1-3H3/t18-/m0/s1. The molecule has 28 heavy (non-hydrogen) atoms. The molecule has 3 rings (SSSR count). The molecule has 1 heterocycles. The van der Waals surface area contributed by atoms with Crippen LogP contribution in [0.5, 0.6) is 0 Å². The highest BCUT2D eigenvalue weighted by molar-refractivity contribution is 6.33. The van der Waals surface area contributed by atoms with Gasteiger partial charge in [0.25, 0.3) is 11.6 Å². The lowest BCUT2D eigenvalue weighted by Gasteiger charge is -2.28. The van der Waals surface area contributed by atoms with Gasteiger partial charge in [0.05, 0.1) is 17.1 Å². The number of halogens is 1. The SMILES string of the molecule is COC(=O)[C@H](C(C)C)N1Cc2ccc(-c3ccc([N+](=O)[O-])cc3Cl)cc2C1=O. The van der Waals surface area contributed by atoms with Crippen molar-refractivity contribution in [3.63, 3.8) is 0 Å². The third-order valence-corrected chi connectivity index (χ3v) is 5.14. The average Bonchev–Trinajstić information content (AvgIpc) is 2.97. The number of benzene rings is 2. The first-order valence-corrected chi connectivity index (χ1v) is 9.08. The normalized spacial score (nSPS) is 14.2. The van der Waals surface area contributed by atoms with E-state index in [1.807, 2.05) is 26.0 Å². The summed E-state index contributed by atoms with van der Waals surface area (Å²) in [5, 5.41) is 11.1. The van der Waals surface area contributed by atoms with Crippen molar-refractivity contribution in [2.24, 2.45) is 5.92 Å². The van der Waals surface area contributed by atoms with Crippen LogP contribution in [0.15, 0.2) is 36.4 Å². The van der Waals surface area contributed by atoms with E-state index in [4.69, 9.17) is 16.3 Å². The van der Waals surface area contributed by atoms with E-state index in [-0.39, 0.29) is 22.5 Å². The number of hydrogen-bond acceptors (Lipinski definition) is 5. The lowest BCUT2D eigenvalue weighted by molar-refractivity contribution is -0.384. The Hall–Kier alpha value is -2.93. The fraction of sp³-hybridized carbons (Fsp3) is 0.300. The van der Waals surface area contributed by atoms with Gasteiger partial charge in [-0.25, -0.2) is 4.79 Å². The molecule has 0 fully saturated rings. The quantitative estimate of drug-likeness (QED) is 0.427. The summed E-state index contributed by atoms with van der Waals surface area (Å²) in [6, 6.07) is 8.87. The lowest BCUT2D eigenvalue weighted by atomic mass is 10.00. The van der Waals surface area contributed by atoms with Gasteiger partial charge in [-0.3, -0.25) is 14.9 Å². The van der Waals surface area contributed by atoms with E-state index >= 15 is 0 Å². The van der Waals surface area contributed by atoms with Crippen molar-refractivity contribution in [1.29, 1.82) is 0 Å².